The second-order valence-electron chi connectivity index (χ2n) is 4.24. The number of anilines is 1. The Kier molecular flexibility index (Phi) is 4.41. The molecule has 0 spiro atoms. The lowest BCUT2D eigenvalue weighted by atomic mass is 10.1. The Morgan fingerprint density at radius 2 is 2.28 bits per heavy atom. The highest BCUT2D eigenvalue weighted by Crippen LogP contribution is 2.19. The highest BCUT2D eigenvalue weighted by atomic mass is 16.6. The van der Waals surface area contributed by atoms with Gasteiger partial charge in [0.15, 0.2) is 6.61 Å². The largest absolute Gasteiger partial charge is 0.480 e. The molecule has 0 saturated carbocycles. The summed E-state index contributed by atoms with van der Waals surface area (Å²) in [6.07, 6.45) is 0.944. The topological polar surface area (TPSA) is 70.8 Å². The van der Waals surface area contributed by atoms with Crippen molar-refractivity contribution in [1.29, 1.82) is 0 Å². The number of benzene rings is 1. The molecule has 1 aliphatic heterocycles. The molecule has 0 aliphatic carbocycles. The highest BCUT2D eigenvalue weighted by molar-refractivity contribution is 5.71. The molecule has 1 heterocycles. The molecule has 0 aromatic heterocycles. The van der Waals surface area contributed by atoms with Crippen molar-refractivity contribution in [1.82, 2.24) is 0 Å². The first kappa shape index (κ1) is 12.7. The Morgan fingerprint density at radius 3 is 3.00 bits per heavy atom. The van der Waals surface area contributed by atoms with E-state index < -0.39 is 0 Å². The summed E-state index contributed by atoms with van der Waals surface area (Å²) >= 11 is 0. The Hall–Kier alpha value is -1.75. The molecule has 1 aliphatic rings. The molecule has 98 valence electrons. The summed E-state index contributed by atoms with van der Waals surface area (Å²) in [5.41, 5.74) is 6.20. The average molecular weight is 251 g/mol. The number of esters is 1. The van der Waals surface area contributed by atoms with E-state index >= 15 is 0 Å². The zero-order valence-electron chi connectivity index (χ0n) is 10.1. The number of ether oxygens (including phenoxy) is 3. The van der Waals surface area contributed by atoms with Crippen LogP contribution in [0.1, 0.15) is 6.42 Å². The lowest BCUT2D eigenvalue weighted by molar-refractivity contribution is -0.147. The third-order valence-electron chi connectivity index (χ3n) is 2.77. The highest BCUT2D eigenvalue weighted by Gasteiger charge is 2.17. The van der Waals surface area contributed by atoms with Gasteiger partial charge in [-0.1, -0.05) is 12.1 Å². The molecular weight excluding hydrogens is 234 g/mol. The van der Waals surface area contributed by atoms with E-state index in [1.54, 1.807) is 24.3 Å². The van der Waals surface area contributed by atoms with Crippen molar-refractivity contribution < 1.29 is 19.0 Å². The smallest absolute Gasteiger partial charge is 0.344 e. The number of carbonyl (C=O) groups is 1. The van der Waals surface area contributed by atoms with Crippen LogP contribution in [0.4, 0.5) is 5.69 Å². The summed E-state index contributed by atoms with van der Waals surface area (Å²) in [6, 6.07) is 7.04. The van der Waals surface area contributed by atoms with Gasteiger partial charge in [-0.05, 0) is 18.6 Å². The SMILES string of the molecule is Nc1ccccc1OCC(=O)OCC1CCOC1. The Balaban J connectivity index is 1.69. The first-order chi connectivity index (χ1) is 8.75. The van der Waals surface area contributed by atoms with Gasteiger partial charge in [0, 0.05) is 12.5 Å². The zero-order valence-corrected chi connectivity index (χ0v) is 10.1. The molecule has 0 amide bonds. The summed E-state index contributed by atoms with van der Waals surface area (Å²) in [5, 5.41) is 0. The molecule has 1 saturated heterocycles. The van der Waals surface area contributed by atoms with Gasteiger partial charge < -0.3 is 19.9 Å². The maximum atomic E-state index is 11.5. The quantitative estimate of drug-likeness (QED) is 0.629. The minimum absolute atomic E-state index is 0.123. The number of rotatable bonds is 5. The lowest BCUT2D eigenvalue weighted by Crippen LogP contribution is -2.19. The van der Waals surface area contributed by atoms with Gasteiger partial charge in [-0.2, -0.15) is 0 Å². The Morgan fingerprint density at radius 1 is 1.44 bits per heavy atom. The van der Waals surface area contributed by atoms with E-state index in [-0.39, 0.29) is 12.6 Å². The Bertz CT molecular complexity index is 402. The lowest BCUT2D eigenvalue weighted by Gasteiger charge is -2.10. The van der Waals surface area contributed by atoms with Gasteiger partial charge in [-0.25, -0.2) is 4.79 Å². The van der Waals surface area contributed by atoms with E-state index in [2.05, 4.69) is 0 Å². The maximum absolute atomic E-state index is 11.5. The fourth-order valence-electron chi connectivity index (χ4n) is 1.72. The standard InChI is InChI=1S/C13H17NO4/c14-11-3-1-2-4-12(11)17-9-13(15)18-8-10-5-6-16-7-10/h1-4,10H,5-9,14H2. The van der Waals surface area contributed by atoms with E-state index in [9.17, 15) is 4.79 Å². The summed E-state index contributed by atoms with van der Waals surface area (Å²) in [7, 11) is 0. The van der Waals surface area contributed by atoms with Crippen LogP contribution in [0.15, 0.2) is 24.3 Å². The molecule has 1 fully saturated rings. The van der Waals surface area contributed by atoms with E-state index in [0.29, 0.717) is 30.6 Å². The van der Waals surface area contributed by atoms with Crippen LogP contribution in [-0.2, 0) is 14.3 Å². The zero-order chi connectivity index (χ0) is 12.8. The molecule has 0 bridgehead atoms. The number of nitrogens with two attached hydrogens (primary N) is 1. The maximum Gasteiger partial charge on any atom is 0.344 e. The number of hydrogen-bond acceptors (Lipinski definition) is 5. The predicted octanol–water partition coefficient (Wildman–Crippen LogP) is 1.23. The van der Waals surface area contributed by atoms with Crippen molar-refractivity contribution >= 4 is 11.7 Å². The second-order valence-corrected chi connectivity index (χ2v) is 4.24. The van der Waals surface area contributed by atoms with Crippen LogP contribution in [0.3, 0.4) is 0 Å². The molecule has 5 heteroatoms. The van der Waals surface area contributed by atoms with Crippen LogP contribution in [0.5, 0.6) is 5.75 Å². The molecule has 2 N–H and O–H groups in total. The van der Waals surface area contributed by atoms with Crippen molar-refractivity contribution in [2.45, 2.75) is 6.42 Å². The van der Waals surface area contributed by atoms with E-state index in [1.165, 1.54) is 0 Å². The molecular formula is C13H17NO4. The van der Waals surface area contributed by atoms with Crippen LogP contribution in [0.2, 0.25) is 0 Å². The molecule has 1 aromatic carbocycles. The van der Waals surface area contributed by atoms with Gasteiger partial charge >= 0.3 is 5.97 Å². The van der Waals surface area contributed by atoms with Crippen molar-refractivity contribution in [3.63, 3.8) is 0 Å². The van der Waals surface area contributed by atoms with Crippen LogP contribution < -0.4 is 10.5 Å². The first-order valence-corrected chi connectivity index (χ1v) is 5.96. The summed E-state index contributed by atoms with van der Waals surface area (Å²) < 4.78 is 15.6. The van der Waals surface area contributed by atoms with Gasteiger partial charge in [0.25, 0.3) is 0 Å². The normalized spacial score (nSPS) is 18.6. The molecule has 1 unspecified atom stereocenters. The van der Waals surface area contributed by atoms with Crippen molar-refractivity contribution in [2.24, 2.45) is 5.92 Å². The van der Waals surface area contributed by atoms with Gasteiger partial charge in [0.2, 0.25) is 0 Å². The van der Waals surface area contributed by atoms with Gasteiger partial charge in [0.05, 0.1) is 18.9 Å². The third-order valence-corrected chi connectivity index (χ3v) is 2.77. The van der Waals surface area contributed by atoms with E-state index in [0.717, 1.165) is 13.0 Å². The van der Waals surface area contributed by atoms with Crippen molar-refractivity contribution in [3.05, 3.63) is 24.3 Å². The molecule has 2 rings (SSSR count). The molecule has 1 atom stereocenters. The number of nitrogen functional groups attached to an aromatic ring is 1. The van der Waals surface area contributed by atoms with Crippen LogP contribution >= 0.6 is 0 Å². The van der Waals surface area contributed by atoms with Crippen LogP contribution in [0.25, 0.3) is 0 Å². The third kappa shape index (κ3) is 3.63. The fraction of sp³-hybridized carbons (Fsp3) is 0.462. The van der Waals surface area contributed by atoms with Gasteiger partial charge in [0.1, 0.15) is 5.75 Å². The average Bonchev–Trinajstić information content (AvgIpc) is 2.88. The molecule has 5 nitrogen and oxygen atoms in total. The predicted molar refractivity (Wildman–Crippen MR) is 66.2 cm³/mol. The minimum atomic E-state index is -0.384. The van der Waals surface area contributed by atoms with Gasteiger partial charge in [-0.3, -0.25) is 0 Å². The fourth-order valence-corrected chi connectivity index (χ4v) is 1.72. The Labute approximate surface area is 106 Å². The minimum Gasteiger partial charge on any atom is -0.480 e. The summed E-state index contributed by atoms with van der Waals surface area (Å²) in [4.78, 5) is 11.5. The second kappa shape index (κ2) is 6.26. The van der Waals surface area contributed by atoms with Gasteiger partial charge in [-0.15, -0.1) is 0 Å². The summed E-state index contributed by atoms with van der Waals surface area (Å²) in [6.45, 7) is 1.69. The number of hydrogen-bond donors (Lipinski definition) is 1. The number of carbonyl (C=O) groups excluding carboxylic acids is 1. The van der Waals surface area contributed by atoms with Crippen molar-refractivity contribution in [3.8, 4) is 5.75 Å². The number of para-hydroxylation sites is 2. The molecule has 18 heavy (non-hydrogen) atoms. The van der Waals surface area contributed by atoms with E-state index in [4.69, 9.17) is 19.9 Å². The van der Waals surface area contributed by atoms with Crippen LogP contribution in [0, 0.1) is 5.92 Å². The summed E-state index contributed by atoms with van der Waals surface area (Å²) in [5.74, 6) is 0.430. The van der Waals surface area contributed by atoms with Crippen LogP contribution in [-0.4, -0.2) is 32.4 Å². The van der Waals surface area contributed by atoms with E-state index in [1.807, 2.05) is 0 Å². The molecule has 1 aromatic rings. The van der Waals surface area contributed by atoms with Crippen molar-refractivity contribution in [2.75, 3.05) is 32.2 Å². The monoisotopic (exact) mass is 251 g/mol. The first-order valence-electron chi connectivity index (χ1n) is 5.96. The molecule has 0 radical (unpaired) electrons.